The molecule has 0 aliphatic carbocycles. The average Bonchev–Trinajstić information content (AvgIpc) is 2.44. The maximum Gasteiger partial charge on any atom is 0.116 e. The van der Waals surface area contributed by atoms with E-state index in [4.69, 9.17) is 5.73 Å². The van der Waals surface area contributed by atoms with Gasteiger partial charge >= 0.3 is 0 Å². The standard InChI is InChI=1S/C19H23NO/c1-14(16-10-7-11-17(21)13-16)18(19(2,3)20)12-15-8-5-4-6-9-15/h4-11,13,18,21H,1,12,20H2,2-3H3. The van der Waals surface area contributed by atoms with Gasteiger partial charge in [0.05, 0.1) is 0 Å². The van der Waals surface area contributed by atoms with Crippen LogP contribution in [0.15, 0.2) is 61.2 Å². The van der Waals surface area contributed by atoms with E-state index in [0.717, 1.165) is 17.6 Å². The second-order valence-electron chi connectivity index (χ2n) is 6.14. The Bertz CT molecular complexity index is 611. The first kappa shape index (κ1) is 15.3. The van der Waals surface area contributed by atoms with Gasteiger partial charge in [-0.2, -0.15) is 0 Å². The molecular formula is C19H23NO. The Balaban J connectivity index is 2.30. The number of hydrogen-bond acceptors (Lipinski definition) is 2. The third kappa shape index (κ3) is 3.96. The highest BCUT2D eigenvalue weighted by atomic mass is 16.3. The molecule has 0 aliphatic rings. The quantitative estimate of drug-likeness (QED) is 0.870. The minimum Gasteiger partial charge on any atom is -0.508 e. The van der Waals surface area contributed by atoms with Gasteiger partial charge in [-0.3, -0.25) is 0 Å². The highest BCUT2D eigenvalue weighted by Crippen LogP contribution is 2.33. The highest BCUT2D eigenvalue weighted by molar-refractivity contribution is 5.67. The Morgan fingerprint density at radius 2 is 1.81 bits per heavy atom. The zero-order valence-corrected chi connectivity index (χ0v) is 12.7. The second kappa shape index (κ2) is 6.15. The van der Waals surface area contributed by atoms with Gasteiger partial charge in [-0.05, 0) is 49.1 Å². The predicted molar refractivity (Wildman–Crippen MR) is 89.0 cm³/mol. The van der Waals surface area contributed by atoms with Gasteiger partial charge < -0.3 is 10.8 Å². The second-order valence-corrected chi connectivity index (χ2v) is 6.14. The van der Waals surface area contributed by atoms with Gasteiger partial charge in [-0.15, -0.1) is 0 Å². The summed E-state index contributed by atoms with van der Waals surface area (Å²) in [6, 6.07) is 17.5. The third-order valence-corrected chi connectivity index (χ3v) is 3.82. The van der Waals surface area contributed by atoms with Gasteiger partial charge in [-0.1, -0.05) is 49.0 Å². The average molecular weight is 281 g/mol. The van der Waals surface area contributed by atoms with Crippen LogP contribution in [0.2, 0.25) is 0 Å². The number of hydrogen-bond donors (Lipinski definition) is 2. The van der Waals surface area contributed by atoms with E-state index >= 15 is 0 Å². The Labute approximate surface area is 126 Å². The summed E-state index contributed by atoms with van der Waals surface area (Å²) in [6.45, 7) is 8.28. The molecule has 0 aromatic heterocycles. The molecule has 3 N–H and O–H groups in total. The SMILES string of the molecule is C=C(c1cccc(O)c1)C(Cc1ccccc1)C(C)(C)N. The van der Waals surface area contributed by atoms with Gasteiger partial charge in [0.15, 0.2) is 0 Å². The van der Waals surface area contributed by atoms with E-state index in [2.05, 4.69) is 18.7 Å². The van der Waals surface area contributed by atoms with Crippen LogP contribution in [-0.4, -0.2) is 10.6 Å². The number of phenolic OH excluding ortho intramolecular Hbond substituents is 1. The van der Waals surface area contributed by atoms with Crippen molar-refractivity contribution in [3.63, 3.8) is 0 Å². The Morgan fingerprint density at radius 3 is 2.38 bits per heavy atom. The van der Waals surface area contributed by atoms with Crippen LogP contribution in [0.25, 0.3) is 5.57 Å². The van der Waals surface area contributed by atoms with E-state index < -0.39 is 5.54 Å². The fraction of sp³-hybridized carbons (Fsp3) is 0.263. The Kier molecular flexibility index (Phi) is 4.49. The summed E-state index contributed by atoms with van der Waals surface area (Å²) in [4.78, 5) is 0. The number of rotatable bonds is 5. The van der Waals surface area contributed by atoms with Crippen LogP contribution in [-0.2, 0) is 6.42 Å². The molecule has 2 aromatic rings. The minimum atomic E-state index is -0.390. The lowest BCUT2D eigenvalue weighted by Crippen LogP contribution is -2.42. The zero-order valence-electron chi connectivity index (χ0n) is 12.7. The van der Waals surface area contributed by atoms with Gasteiger partial charge in [-0.25, -0.2) is 0 Å². The number of benzene rings is 2. The molecule has 0 fully saturated rings. The molecule has 1 atom stereocenters. The molecule has 0 saturated heterocycles. The summed E-state index contributed by atoms with van der Waals surface area (Å²) in [5.41, 5.74) is 9.13. The monoisotopic (exact) mass is 281 g/mol. The van der Waals surface area contributed by atoms with Crippen molar-refractivity contribution < 1.29 is 5.11 Å². The molecule has 0 amide bonds. The van der Waals surface area contributed by atoms with E-state index in [1.165, 1.54) is 5.56 Å². The first-order chi connectivity index (χ1) is 9.88. The van der Waals surface area contributed by atoms with Crippen LogP contribution in [0.5, 0.6) is 5.75 Å². The van der Waals surface area contributed by atoms with Gasteiger partial charge in [0.25, 0.3) is 0 Å². The molecule has 0 bridgehead atoms. The molecular weight excluding hydrogens is 258 g/mol. The third-order valence-electron chi connectivity index (χ3n) is 3.82. The van der Waals surface area contributed by atoms with Crippen molar-refractivity contribution >= 4 is 5.57 Å². The lowest BCUT2D eigenvalue weighted by Gasteiger charge is -2.33. The van der Waals surface area contributed by atoms with Crippen molar-refractivity contribution in [1.82, 2.24) is 0 Å². The highest BCUT2D eigenvalue weighted by Gasteiger charge is 2.28. The van der Waals surface area contributed by atoms with Crippen LogP contribution >= 0.6 is 0 Å². The van der Waals surface area contributed by atoms with E-state index in [-0.39, 0.29) is 11.7 Å². The first-order valence-corrected chi connectivity index (χ1v) is 7.19. The van der Waals surface area contributed by atoms with Crippen LogP contribution < -0.4 is 5.73 Å². The van der Waals surface area contributed by atoms with Crippen molar-refractivity contribution in [2.24, 2.45) is 11.7 Å². The van der Waals surface area contributed by atoms with Gasteiger partial charge in [0.2, 0.25) is 0 Å². The number of phenols is 1. The van der Waals surface area contributed by atoms with E-state index in [9.17, 15) is 5.11 Å². The van der Waals surface area contributed by atoms with Crippen LogP contribution in [0.1, 0.15) is 25.0 Å². The molecule has 0 radical (unpaired) electrons. The lowest BCUT2D eigenvalue weighted by atomic mass is 9.76. The number of aromatic hydroxyl groups is 1. The molecule has 2 nitrogen and oxygen atoms in total. The summed E-state index contributed by atoms with van der Waals surface area (Å²) < 4.78 is 0. The predicted octanol–water partition coefficient (Wildman–Crippen LogP) is 4.00. The molecule has 110 valence electrons. The molecule has 0 spiro atoms. The van der Waals surface area contributed by atoms with E-state index in [0.29, 0.717) is 0 Å². The molecule has 2 heteroatoms. The topological polar surface area (TPSA) is 46.2 Å². The molecule has 1 unspecified atom stereocenters. The van der Waals surface area contributed by atoms with Crippen molar-refractivity contribution in [3.8, 4) is 5.75 Å². The molecule has 0 saturated carbocycles. The lowest BCUT2D eigenvalue weighted by molar-refractivity contribution is 0.392. The smallest absolute Gasteiger partial charge is 0.116 e. The normalized spacial score (nSPS) is 12.9. The molecule has 0 aliphatic heterocycles. The summed E-state index contributed by atoms with van der Waals surface area (Å²) in [5, 5.41) is 9.66. The minimum absolute atomic E-state index is 0.0988. The first-order valence-electron chi connectivity index (χ1n) is 7.19. The van der Waals surface area contributed by atoms with E-state index in [1.54, 1.807) is 12.1 Å². The summed E-state index contributed by atoms with van der Waals surface area (Å²) in [5.74, 6) is 0.351. The van der Waals surface area contributed by atoms with Crippen molar-refractivity contribution in [2.45, 2.75) is 25.8 Å². The molecule has 21 heavy (non-hydrogen) atoms. The fourth-order valence-electron chi connectivity index (χ4n) is 2.59. The van der Waals surface area contributed by atoms with Crippen molar-refractivity contribution in [3.05, 3.63) is 72.3 Å². The van der Waals surface area contributed by atoms with E-state index in [1.807, 2.05) is 44.2 Å². The van der Waals surface area contributed by atoms with Gasteiger partial charge in [0.1, 0.15) is 5.75 Å². The van der Waals surface area contributed by atoms with Gasteiger partial charge in [0, 0.05) is 11.5 Å². The molecule has 0 heterocycles. The summed E-state index contributed by atoms with van der Waals surface area (Å²) in [7, 11) is 0. The maximum atomic E-state index is 9.66. The largest absolute Gasteiger partial charge is 0.508 e. The molecule has 2 rings (SSSR count). The van der Waals surface area contributed by atoms with Crippen LogP contribution in [0.4, 0.5) is 0 Å². The Morgan fingerprint density at radius 1 is 1.14 bits per heavy atom. The summed E-state index contributed by atoms with van der Waals surface area (Å²) >= 11 is 0. The van der Waals surface area contributed by atoms with Crippen LogP contribution in [0.3, 0.4) is 0 Å². The van der Waals surface area contributed by atoms with Crippen molar-refractivity contribution in [1.29, 1.82) is 0 Å². The zero-order chi connectivity index (χ0) is 15.5. The maximum absolute atomic E-state index is 9.66. The number of nitrogens with two attached hydrogens (primary N) is 1. The summed E-state index contributed by atoms with van der Waals surface area (Å²) in [6.07, 6.45) is 0.832. The Hall–Kier alpha value is -2.06. The fourth-order valence-corrected chi connectivity index (χ4v) is 2.59. The molecule has 2 aromatic carbocycles. The van der Waals surface area contributed by atoms with Crippen LogP contribution in [0, 0.1) is 5.92 Å². The van der Waals surface area contributed by atoms with Crippen molar-refractivity contribution in [2.75, 3.05) is 0 Å².